The summed E-state index contributed by atoms with van der Waals surface area (Å²) in [6.45, 7) is 3.13. The highest BCUT2D eigenvalue weighted by Gasteiger charge is 2.42. The van der Waals surface area contributed by atoms with Crippen molar-refractivity contribution in [2.45, 2.75) is 50.8 Å². The standard InChI is InChI=1S/C21H28N4O2/c1-15-18(12-23-24(15)3)20(26)25-13-16-6-4-5-7-19(16)27-21(14-25)10-8-17(22-2)9-11-21/h4-7,12,17,22H,8-11,13-14H2,1-3H3. The number of hydrogen-bond donors (Lipinski definition) is 1. The van der Waals surface area contributed by atoms with Gasteiger partial charge in [0.1, 0.15) is 11.4 Å². The quantitative estimate of drug-likeness (QED) is 0.885. The lowest BCUT2D eigenvalue weighted by atomic mass is 9.81. The van der Waals surface area contributed by atoms with Gasteiger partial charge < -0.3 is 15.0 Å². The summed E-state index contributed by atoms with van der Waals surface area (Å²) in [5, 5.41) is 7.64. The van der Waals surface area contributed by atoms with Crippen LogP contribution in [0.3, 0.4) is 0 Å². The first kappa shape index (κ1) is 18.0. The molecule has 0 bridgehead atoms. The number of nitrogens with one attached hydrogen (secondary N) is 1. The molecule has 144 valence electrons. The Labute approximate surface area is 160 Å². The fourth-order valence-corrected chi connectivity index (χ4v) is 4.32. The van der Waals surface area contributed by atoms with Gasteiger partial charge in [0.2, 0.25) is 0 Å². The molecule has 1 fully saturated rings. The predicted molar refractivity (Wildman–Crippen MR) is 104 cm³/mol. The minimum absolute atomic E-state index is 0.0380. The van der Waals surface area contributed by atoms with Gasteiger partial charge in [0.05, 0.1) is 18.3 Å². The summed E-state index contributed by atoms with van der Waals surface area (Å²) in [5.41, 5.74) is 2.33. The summed E-state index contributed by atoms with van der Waals surface area (Å²) in [6.07, 6.45) is 5.70. The van der Waals surface area contributed by atoms with Crippen molar-refractivity contribution in [1.29, 1.82) is 0 Å². The second-order valence-electron chi connectivity index (χ2n) is 7.88. The summed E-state index contributed by atoms with van der Waals surface area (Å²) in [7, 11) is 3.89. The minimum Gasteiger partial charge on any atom is -0.485 e. The first-order chi connectivity index (χ1) is 13.0. The lowest BCUT2D eigenvalue weighted by Crippen LogP contribution is -2.51. The van der Waals surface area contributed by atoms with Crippen LogP contribution in [0.4, 0.5) is 0 Å². The van der Waals surface area contributed by atoms with Gasteiger partial charge in [-0.05, 0) is 45.7 Å². The van der Waals surface area contributed by atoms with E-state index in [9.17, 15) is 4.79 Å². The van der Waals surface area contributed by atoms with Crippen LogP contribution in [-0.2, 0) is 13.6 Å². The molecule has 6 heteroatoms. The molecule has 1 N–H and O–H groups in total. The molecule has 27 heavy (non-hydrogen) atoms. The number of benzene rings is 1. The third-order valence-electron chi connectivity index (χ3n) is 6.20. The van der Waals surface area contributed by atoms with Crippen molar-refractivity contribution in [2.24, 2.45) is 7.05 Å². The zero-order chi connectivity index (χ0) is 19.0. The van der Waals surface area contributed by atoms with Gasteiger partial charge in [-0.15, -0.1) is 0 Å². The smallest absolute Gasteiger partial charge is 0.257 e. The molecule has 1 amide bonds. The van der Waals surface area contributed by atoms with Crippen molar-refractivity contribution in [1.82, 2.24) is 20.0 Å². The Hall–Kier alpha value is -2.34. The largest absolute Gasteiger partial charge is 0.485 e. The average Bonchev–Trinajstić information content (AvgIpc) is 2.92. The maximum absolute atomic E-state index is 13.3. The zero-order valence-corrected chi connectivity index (χ0v) is 16.4. The lowest BCUT2D eigenvalue weighted by Gasteiger charge is -2.41. The topological polar surface area (TPSA) is 59.4 Å². The third-order valence-corrected chi connectivity index (χ3v) is 6.20. The first-order valence-corrected chi connectivity index (χ1v) is 9.73. The van der Waals surface area contributed by atoms with Gasteiger partial charge in [-0.1, -0.05) is 18.2 Å². The Morgan fingerprint density at radius 3 is 2.70 bits per heavy atom. The van der Waals surface area contributed by atoms with Crippen LogP contribution < -0.4 is 10.1 Å². The molecule has 1 spiro atoms. The van der Waals surface area contributed by atoms with E-state index in [1.165, 1.54) is 0 Å². The molecule has 0 saturated heterocycles. The van der Waals surface area contributed by atoms with Gasteiger partial charge in [0.25, 0.3) is 5.91 Å². The molecule has 6 nitrogen and oxygen atoms in total. The maximum Gasteiger partial charge on any atom is 0.257 e. The average molecular weight is 368 g/mol. The van der Waals surface area contributed by atoms with Crippen LogP contribution in [0.25, 0.3) is 0 Å². The van der Waals surface area contributed by atoms with Gasteiger partial charge in [0, 0.05) is 30.9 Å². The second kappa shape index (κ2) is 7.00. The van der Waals surface area contributed by atoms with Crippen molar-refractivity contribution in [2.75, 3.05) is 13.6 Å². The van der Waals surface area contributed by atoms with E-state index in [2.05, 4.69) is 16.5 Å². The van der Waals surface area contributed by atoms with E-state index in [0.717, 1.165) is 42.7 Å². The fraction of sp³-hybridized carbons (Fsp3) is 0.524. The summed E-state index contributed by atoms with van der Waals surface area (Å²) in [5.74, 6) is 0.953. The molecule has 1 saturated carbocycles. The zero-order valence-electron chi connectivity index (χ0n) is 16.4. The van der Waals surface area contributed by atoms with E-state index in [1.54, 1.807) is 10.9 Å². The Balaban J connectivity index is 1.67. The number of hydrogen-bond acceptors (Lipinski definition) is 4. The van der Waals surface area contributed by atoms with Crippen LogP contribution in [0.2, 0.25) is 0 Å². The number of carbonyl (C=O) groups excluding carboxylic acids is 1. The minimum atomic E-state index is -0.314. The molecule has 2 aromatic rings. The highest BCUT2D eigenvalue weighted by molar-refractivity contribution is 5.95. The highest BCUT2D eigenvalue weighted by atomic mass is 16.5. The molecule has 0 radical (unpaired) electrons. The number of rotatable bonds is 2. The number of nitrogens with zero attached hydrogens (tertiary/aromatic N) is 3. The van der Waals surface area contributed by atoms with E-state index >= 15 is 0 Å². The summed E-state index contributed by atoms with van der Waals surface area (Å²) < 4.78 is 8.34. The fourth-order valence-electron chi connectivity index (χ4n) is 4.32. The van der Waals surface area contributed by atoms with Crippen molar-refractivity contribution < 1.29 is 9.53 Å². The maximum atomic E-state index is 13.3. The van der Waals surface area contributed by atoms with Gasteiger partial charge in [0.15, 0.2) is 0 Å². The number of fused-ring (bicyclic) bond motifs is 1. The van der Waals surface area contributed by atoms with Crippen LogP contribution in [-0.4, -0.2) is 45.8 Å². The number of aromatic nitrogens is 2. The Bertz CT molecular complexity index is 836. The summed E-state index contributed by atoms with van der Waals surface area (Å²) in [6, 6.07) is 8.64. The summed E-state index contributed by atoms with van der Waals surface area (Å²) >= 11 is 0. The van der Waals surface area contributed by atoms with E-state index in [1.807, 2.05) is 44.1 Å². The Morgan fingerprint density at radius 2 is 2.04 bits per heavy atom. The van der Waals surface area contributed by atoms with Gasteiger partial charge >= 0.3 is 0 Å². The van der Waals surface area contributed by atoms with E-state index in [-0.39, 0.29) is 11.5 Å². The molecule has 2 aliphatic rings. The monoisotopic (exact) mass is 368 g/mol. The van der Waals surface area contributed by atoms with Gasteiger partial charge in [-0.25, -0.2) is 0 Å². The van der Waals surface area contributed by atoms with Gasteiger partial charge in [-0.3, -0.25) is 9.48 Å². The molecule has 1 aliphatic heterocycles. The SMILES string of the molecule is CNC1CCC2(CC1)CN(C(=O)c1cnn(C)c1C)Cc1ccccc1O2. The van der Waals surface area contributed by atoms with Gasteiger partial charge in [-0.2, -0.15) is 5.10 Å². The predicted octanol–water partition coefficient (Wildman–Crippen LogP) is 2.66. The summed E-state index contributed by atoms with van der Waals surface area (Å²) in [4.78, 5) is 15.3. The molecule has 2 heterocycles. The van der Waals surface area contributed by atoms with Crippen molar-refractivity contribution >= 4 is 5.91 Å². The van der Waals surface area contributed by atoms with Crippen molar-refractivity contribution in [3.8, 4) is 5.75 Å². The molecule has 1 aliphatic carbocycles. The van der Waals surface area contributed by atoms with E-state index in [4.69, 9.17) is 4.74 Å². The number of aryl methyl sites for hydroxylation is 1. The third kappa shape index (κ3) is 3.34. The Morgan fingerprint density at radius 1 is 1.30 bits per heavy atom. The first-order valence-electron chi connectivity index (χ1n) is 9.73. The molecule has 0 atom stereocenters. The number of carbonyl (C=O) groups is 1. The number of ether oxygens (including phenoxy) is 1. The highest BCUT2D eigenvalue weighted by Crippen LogP contribution is 2.38. The molecule has 0 unspecified atom stereocenters. The van der Waals surface area contributed by atoms with Crippen molar-refractivity contribution in [3.05, 3.63) is 47.3 Å². The number of amides is 1. The van der Waals surface area contributed by atoms with Crippen molar-refractivity contribution in [3.63, 3.8) is 0 Å². The Kier molecular flexibility index (Phi) is 4.68. The molecule has 1 aromatic heterocycles. The van der Waals surface area contributed by atoms with Crippen LogP contribution in [0.5, 0.6) is 5.75 Å². The van der Waals surface area contributed by atoms with Crippen LogP contribution >= 0.6 is 0 Å². The van der Waals surface area contributed by atoms with Crippen LogP contribution in [0, 0.1) is 6.92 Å². The second-order valence-corrected chi connectivity index (χ2v) is 7.88. The molecule has 1 aromatic carbocycles. The van der Waals surface area contributed by atoms with E-state index in [0.29, 0.717) is 24.7 Å². The van der Waals surface area contributed by atoms with Crippen LogP contribution in [0.1, 0.15) is 47.3 Å². The molecular weight excluding hydrogens is 340 g/mol. The van der Waals surface area contributed by atoms with E-state index < -0.39 is 0 Å². The van der Waals surface area contributed by atoms with Crippen LogP contribution in [0.15, 0.2) is 30.5 Å². The number of para-hydroxylation sites is 1. The normalized spacial score (nSPS) is 25.0. The molecule has 4 rings (SSSR count). The molecular formula is C21H28N4O2. The lowest BCUT2D eigenvalue weighted by molar-refractivity contribution is 0.000407.